The molecular formula is C37H37NO8S. The van der Waals surface area contributed by atoms with E-state index in [2.05, 4.69) is 12.2 Å². The van der Waals surface area contributed by atoms with Gasteiger partial charge in [0.1, 0.15) is 0 Å². The van der Waals surface area contributed by atoms with E-state index in [4.69, 9.17) is 14.6 Å². The summed E-state index contributed by atoms with van der Waals surface area (Å²) in [4.78, 5) is 35.0. The van der Waals surface area contributed by atoms with E-state index in [9.17, 15) is 24.6 Å². The Morgan fingerprint density at radius 3 is 2.17 bits per heavy atom. The van der Waals surface area contributed by atoms with Crippen LogP contribution in [-0.4, -0.2) is 45.0 Å². The molecule has 1 heterocycles. The summed E-state index contributed by atoms with van der Waals surface area (Å²) in [6, 6.07) is 30.3. The molecule has 1 fully saturated rings. The number of benzene rings is 4. The van der Waals surface area contributed by atoms with E-state index < -0.39 is 18.2 Å². The normalized spacial score (nSPS) is 19.2. The van der Waals surface area contributed by atoms with Crippen LogP contribution in [-0.2, 0) is 32.2 Å². The van der Waals surface area contributed by atoms with E-state index in [-0.39, 0.29) is 55.6 Å². The van der Waals surface area contributed by atoms with Crippen molar-refractivity contribution < 1.29 is 39.2 Å². The summed E-state index contributed by atoms with van der Waals surface area (Å²) in [5, 5.41) is 30.4. The van der Waals surface area contributed by atoms with E-state index in [0.29, 0.717) is 5.75 Å². The number of hydrogen-bond acceptors (Lipinski definition) is 7. The Morgan fingerprint density at radius 2 is 1.49 bits per heavy atom. The van der Waals surface area contributed by atoms with Gasteiger partial charge < -0.3 is 30.1 Å². The molecule has 10 heteroatoms. The summed E-state index contributed by atoms with van der Waals surface area (Å²) in [7, 11) is 0. The molecule has 0 radical (unpaired) electrons. The summed E-state index contributed by atoms with van der Waals surface area (Å²) < 4.78 is 13.3. The number of amides is 1. The first-order valence-electron chi connectivity index (χ1n) is 15.3. The van der Waals surface area contributed by atoms with Crippen molar-refractivity contribution in [2.45, 2.75) is 56.3 Å². The third kappa shape index (κ3) is 9.08. The van der Waals surface area contributed by atoms with E-state index in [1.807, 2.05) is 72.8 Å². The van der Waals surface area contributed by atoms with Crippen molar-refractivity contribution in [3.63, 3.8) is 0 Å². The third-order valence-electron chi connectivity index (χ3n) is 8.11. The number of aliphatic carboxylic acids is 1. The molecule has 9 nitrogen and oxygen atoms in total. The molecule has 47 heavy (non-hydrogen) atoms. The quantitative estimate of drug-likeness (QED) is 0.117. The number of aliphatic hydroxyl groups is 1. The summed E-state index contributed by atoms with van der Waals surface area (Å²) in [5.41, 5.74) is 5.66. The number of carbonyl (C=O) groups is 3. The molecule has 4 aromatic rings. The molecule has 1 amide bonds. The lowest BCUT2D eigenvalue weighted by Crippen LogP contribution is -2.38. The van der Waals surface area contributed by atoms with Crippen LogP contribution in [0.2, 0.25) is 0 Å². The number of nitrogens with one attached hydrogen (secondary N) is 1. The molecule has 4 aromatic carbocycles. The molecule has 1 aliphatic heterocycles. The van der Waals surface area contributed by atoms with E-state index in [0.717, 1.165) is 38.3 Å². The zero-order chi connectivity index (χ0) is 33.3. The van der Waals surface area contributed by atoms with Crippen molar-refractivity contribution in [3.05, 3.63) is 125 Å². The van der Waals surface area contributed by atoms with Gasteiger partial charge in [0.15, 0.2) is 6.29 Å². The van der Waals surface area contributed by atoms with Gasteiger partial charge in [0.05, 0.1) is 30.8 Å². The number of aromatic carboxylic acids is 1. The van der Waals surface area contributed by atoms with Gasteiger partial charge in [-0.1, -0.05) is 67.6 Å². The topological polar surface area (TPSA) is 142 Å². The van der Waals surface area contributed by atoms with Crippen molar-refractivity contribution in [2.24, 2.45) is 5.92 Å². The standard InChI is InChI=1S/C37H37NO8S/c1-23-32(22-47-31-14-12-27(13-15-31)36(43)44)45-37(46-35(23)26-10-8-24(21-39)9-11-26)30-7-3-6-29(19-30)28-5-2-4-25(18-28)20-38-33(40)16-17-34(41)42/h2-15,18-19,23,32,35,37,39H,16-17,20-22H2,1H3,(H,38,40)(H,41,42)(H,43,44)/t23-,32+,35+,37+/m1/s1. The minimum atomic E-state index is -1.01. The second-order valence-electron chi connectivity index (χ2n) is 11.5. The molecule has 5 rings (SSSR count). The average molecular weight is 656 g/mol. The summed E-state index contributed by atoms with van der Waals surface area (Å²) in [6.07, 6.45) is -1.42. The van der Waals surface area contributed by atoms with Gasteiger partial charge >= 0.3 is 11.9 Å². The molecule has 4 atom stereocenters. The van der Waals surface area contributed by atoms with Crippen molar-refractivity contribution in [1.82, 2.24) is 5.32 Å². The van der Waals surface area contributed by atoms with Crippen molar-refractivity contribution in [2.75, 3.05) is 5.75 Å². The SMILES string of the molecule is C[C@@H]1[C@H](CSc2ccc(C(=O)O)cc2)O[C@H](c2cccc(-c3cccc(CNC(=O)CCC(=O)O)c3)c2)O[C@@H]1c1ccc(CO)cc1. The Bertz CT molecular complexity index is 1690. The number of hydrogen-bond donors (Lipinski definition) is 4. The highest BCUT2D eigenvalue weighted by molar-refractivity contribution is 7.99. The smallest absolute Gasteiger partial charge is 0.335 e. The predicted molar refractivity (Wildman–Crippen MR) is 178 cm³/mol. The highest BCUT2D eigenvalue weighted by Gasteiger charge is 2.38. The van der Waals surface area contributed by atoms with Crippen LogP contribution in [0.25, 0.3) is 11.1 Å². The van der Waals surface area contributed by atoms with Crippen LogP contribution in [0.1, 0.15) is 64.8 Å². The highest BCUT2D eigenvalue weighted by atomic mass is 32.2. The van der Waals surface area contributed by atoms with Crippen LogP contribution in [0.15, 0.2) is 102 Å². The van der Waals surface area contributed by atoms with E-state index in [1.165, 1.54) is 0 Å². The van der Waals surface area contributed by atoms with Crippen molar-refractivity contribution >= 4 is 29.6 Å². The largest absolute Gasteiger partial charge is 0.481 e. The van der Waals surface area contributed by atoms with Crippen LogP contribution >= 0.6 is 11.8 Å². The molecule has 0 unspecified atom stereocenters. The monoisotopic (exact) mass is 655 g/mol. The molecule has 0 aliphatic carbocycles. The Labute approximate surface area is 277 Å². The van der Waals surface area contributed by atoms with Crippen LogP contribution in [0.5, 0.6) is 0 Å². The van der Waals surface area contributed by atoms with Crippen LogP contribution in [0, 0.1) is 5.92 Å². The van der Waals surface area contributed by atoms with Gasteiger partial charge in [-0.3, -0.25) is 9.59 Å². The molecule has 0 saturated carbocycles. The summed E-state index contributed by atoms with van der Waals surface area (Å²) in [6.45, 7) is 2.34. The Balaban J connectivity index is 1.35. The average Bonchev–Trinajstić information content (AvgIpc) is 3.09. The maximum atomic E-state index is 12.0. The van der Waals surface area contributed by atoms with Gasteiger partial charge in [-0.25, -0.2) is 4.79 Å². The maximum absolute atomic E-state index is 12.0. The first kappa shape index (κ1) is 33.9. The number of carboxylic acids is 2. The predicted octanol–water partition coefficient (Wildman–Crippen LogP) is 6.61. The Hall–Kier alpha value is -4.48. The number of thioether (sulfide) groups is 1. The lowest BCUT2D eigenvalue weighted by atomic mass is 9.91. The molecule has 1 saturated heterocycles. The molecule has 4 N–H and O–H groups in total. The van der Waals surface area contributed by atoms with E-state index in [1.54, 1.807) is 36.0 Å². The number of aliphatic hydroxyl groups excluding tert-OH is 1. The summed E-state index contributed by atoms with van der Waals surface area (Å²) in [5.74, 6) is -1.67. The number of rotatable bonds is 13. The van der Waals surface area contributed by atoms with Crippen LogP contribution < -0.4 is 5.32 Å². The van der Waals surface area contributed by atoms with Gasteiger partial charge in [0, 0.05) is 35.1 Å². The summed E-state index contributed by atoms with van der Waals surface area (Å²) >= 11 is 1.60. The minimum absolute atomic E-state index is 0.0115. The minimum Gasteiger partial charge on any atom is -0.481 e. The molecule has 0 aromatic heterocycles. The molecule has 1 aliphatic rings. The molecule has 0 bridgehead atoms. The van der Waals surface area contributed by atoms with Gasteiger partial charge in [0.2, 0.25) is 5.91 Å². The van der Waals surface area contributed by atoms with Gasteiger partial charge in [-0.2, -0.15) is 0 Å². The number of carboxylic acid groups (broad SMARTS) is 2. The number of ether oxygens (including phenoxy) is 2. The van der Waals surface area contributed by atoms with Crippen LogP contribution in [0.4, 0.5) is 0 Å². The number of carbonyl (C=O) groups excluding carboxylic acids is 1. The van der Waals surface area contributed by atoms with Gasteiger partial charge in [0.25, 0.3) is 0 Å². The van der Waals surface area contributed by atoms with Crippen molar-refractivity contribution in [3.8, 4) is 11.1 Å². The van der Waals surface area contributed by atoms with E-state index >= 15 is 0 Å². The van der Waals surface area contributed by atoms with Crippen molar-refractivity contribution in [1.29, 1.82) is 0 Å². The van der Waals surface area contributed by atoms with Gasteiger partial charge in [-0.05, 0) is 64.2 Å². The molecule has 0 spiro atoms. The molecule has 244 valence electrons. The Kier molecular flexibility index (Phi) is 11.4. The molecular weight excluding hydrogens is 618 g/mol. The lowest BCUT2D eigenvalue weighted by Gasteiger charge is -2.41. The zero-order valence-electron chi connectivity index (χ0n) is 25.9. The van der Waals surface area contributed by atoms with Gasteiger partial charge in [-0.15, -0.1) is 11.8 Å². The lowest BCUT2D eigenvalue weighted by molar-refractivity contribution is -0.268. The second kappa shape index (κ2) is 15.9. The maximum Gasteiger partial charge on any atom is 0.335 e. The Morgan fingerprint density at radius 1 is 0.787 bits per heavy atom. The zero-order valence-corrected chi connectivity index (χ0v) is 26.7. The highest BCUT2D eigenvalue weighted by Crippen LogP contribution is 2.43. The first-order valence-corrected chi connectivity index (χ1v) is 16.3. The fraction of sp³-hybridized carbons (Fsp3) is 0.270. The fourth-order valence-corrected chi connectivity index (χ4v) is 6.48. The first-order chi connectivity index (χ1) is 22.7. The second-order valence-corrected chi connectivity index (χ2v) is 12.6. The fourth-order valence-electron chi connectivity index (χ4n) is 5.42. The van der Waals surface area contributed by atoms with Crippen LogP contribution in [0.3, 0.4) is 0 Å². The third-order valence-corrected chi connectivity index (χ3v) is 9.21.